The second-order valence-corrected chi connectivity index (χ2v) is 16.6. The zero-order valence-electron chi connectivity index (χ0n) is 33.7. The van der Waals surface area contributed by atoms with Crippen molar-refractivity contribution in [1.82, 2.24) is 15.0 Å². The molecule has 0 unspecified atom stereocenters. The number of hydrogen-bond acceptors (Lipinski definition) is 3. The fraction of sp³-hybridized carbons (Fsp3) is 0.0339. The van der Waals surface area contributed by atoms with Gasteiger partial charge in [0.05, 0.1) is 0 Å². The predicted molar refractivity (Wildman–Crippen MR) is 252 cm³/mol. The zero-order valence-corrected chi connectivity index (χ0v) is 33.7. The molecule has 0 radical (unpaired) electrons. The molecule has 1 heterocycles. The van der Waals surface area contributed by atoms with Crippen LogP contribution in [0.25, 0.3) is 66.0 Å². The van der Waals surface area contributed by atoms with E-state index >= 15 is 0 Å². The molecule has 11 aromatic rings. The van der Waals surface area contributed by atoms with E-state index in [4.69, 9.17) is 15.0 Å². The number of benzene rings is 10. The molecule has 62 heavy (non-hydrogen) atoms. The molecule has 0 atom stereocenters. The van der Waals surface area contributed by atoms with Gasteiger partial charge in [0.15, 0.2) is 17.5 Å². The van der Waals surface area contributed by atoms with Crippen LogP contribution in [0.4, 0.5) is 0 Å². The summed E-state index contributed by atoms with van der Waals surface area (Å²) in [6.07, 6.45) is 0. The van der Waals surface area contributed by atoms with Crippen LogP contribution in [-0.4, -0.2) is 15.0 Å². The van der Waals surface area contributed by atoms with E-state index in [2.05, 4.69) is 224 Å². The largest absolute Gasteiger partial charge is 0.215 e. The van der Waals surface area contributed by atoms with E-state index in [-0.39, 0.29) is 0 Å². The Morgan fingerprint density at radius 1 is 0.274 bits per heavy atom. The van der Waals surface area contributed by atoms with Gasteiger partial charge in [-0.2, -0.15) is 0 Å². The molecule has 0 saturated heterocycles. The second kappa shape index (κ2) is 13.2. The Kier molecular flexibility index (Phi) is 7.44. The summed E-state index contributed by atoms with van der Waals surface area (Å²) in [5.74, 6) is 2.03. The molecule has 0 saturated carbocycles. The van der Waals surface area contributed by atoms with E-state index < -0.39 is 10.8 Å². The summed E-state index contributed by atoms with van der Waals surface area (Å²) in [6.45, 7) is 0. The lowest BCUT2D eigenvalue weighted by atomic mass is 9.70. The minimum Gasteiger partial charge on any atom is -0.215 e. The molecule has 13 rings (SSSR count). The molecule has 0 fully saturated rings. The van der Waals surface area contributed by atoms with E-state index in [9.17, 15) is 0 Å². The lowest BCUT2D eigenvalue weighted by Gasteiger charge is -2.35. The van der Waals surface area contributed by atoms with Crippen molar-refractivity contribution in [1.29, 1.82) is 0 Å². The lowest BCUT2D eigenvalue weighted by molar-refractivity contribution is 0.631. The number of rotatable bonds is 5. The van der Waals surface area contributed by atoms with Crippen LogP contribution >= 0.6 is 0 Å². The Labute approximate surface area is 359 Å². The molecule has 288 valence electrons. The first-order valence-corrected chi connectivity index (χ1v) is 21.4. The van der Waals surface area contributed by atoms with E-state index in [1.54, 1.807) is 0 Å². The Bertz CT molecular complexity index is 3340. The molecule has 0 amide bonds. The molecule has 3 heteroatoms. The maximum Gasteiger partial charge on any atom is 0.163 e. The van der Waals surface area contributed by atoms with Crippen molar-refractivity contribution < 1.29 is 0 Å². The highest BCUT2D eigenvalue weighted by Gasteiger charge is 2.52. The van der Waals surface area contributed by atoms with Gasteiger partial charge in [-0.1, -0.05) is 218 Å². The van der Waals surface area contributed by atoms with Crippen molar-refractivity contribution >= 4 is 32.3 Å². The third kappa shape index (κ3) is 4.68. The smallest absolute Gasteiger partial charge is 0.163 e. The molecule has 1 aromatic heterocycles. The van der Waals surface area contributed by atoms with Gasteiger partial charge in [-0.3, -0.25) is 0 Å². The van der Waals surface area contributed by atoms with Crippen LogP contribution in [-0.2, 0) is 10.8 Å². The standard InChI is InChI=1S/C59H37N3/c1-3-18-41(19-4-1)58(51-27-13-9-23-46(51)47-24-10-14-28-52(47)58)56-60-55(40-32-31-39-34-35-44-43-22-8-7-17-38(43)33-36-45(44)50(39)37-40)61-57(62-56)59(42-20-5-2-6-21-42)53-29-15-11-25-48(53)49-26-12-16-30-54(49)59/h1-37H. The zero-order chi connectivity index (χ0) is 40.8. The molecule has 2 aliphatic carbocycles. The minimum atomic E-state index is -0.848. The van der Waals surface area contributed by atoms with Crippen LogP contribution in [0, 0.1) is 0 Å². The summed E-state index contributed by atoms with van der Waals surface area (Å²) in [7, 11) is 0. The maximum atomic E-state index is 5.94. The number of fused-ring (bicyclic) bond motifs is 11. The van der Waals surface area contributed by atoms with Crippen molar-refractivity contribution in [2.75, 3.05) is 0 Å². The summed E-state index contributed by atoms with van der Waals surface area (Å²) in [5, 5.41) is 7.25. The molecule has 0 aliphatic heterocycles. The van der Waals surface area contributed by atoms with Crippen molar-refractivity contribution in [2.24, 2.45) is 0 Å². The van der Waals surface area contributed by atoms with Gasteiger partial charge < -0.3 is 0 Å². The minimum absolute atomic E-state index is 0.638. The Hall–Kier alpha value is -8.01. The topological polar surface area (TPSA) is 38.7 Å². The van der Waals surface area contributed by atoms with Crippen molar-refractivity contribution in [3.05, 3.63) is 269 Å². The summed E-state index contributed by atoms with van der Waals surface area (Å²) < 4.78 is 0. The molecular weight excluding hydrogens is 751 g/mol. The van der Waals surface area contributed by atoms with Gasteiger partial charge in [0, 0.05) is 5.56 Å². The van der Waals surface area contributed by atoms with E-state index in [0.717, 1.165) is 44.3 Å². The lowest BCUT2D eigenvalue weighted by Crippen LogP contribution is -2.36. The maximum absolute atomic E-state index is 5.94. The molecule has 0 bridgehead atoms. The molecule has 3 nitrogen and oxygen atoms in total. The molecule has 2 aliphatic rings. The average molecular weight is 788 g/mol. The van der Waals surface area contributed by atoms with Gasteiger partial charge in [0.1, 0.15) is 10.8 Å². The summed E-state index contributed by atoms with van der Waals surface area (Å²) >= 11 is 0. The number of nitrogens with zero attached hydrogens (tertiary/aromatic N) is 3. The highest BCUT2D eigenvalue weighted by atomic mass is 15.1. The first-order chi connectivity index (χ1) is 30.7. The fourth-order valence-electron chi connectivity index (χ4n) is 11.0. The van der Waals surface area contributed by atoms with Crippen molar-refractivity contribution in [2.45, 2.75) is 10.8 Å². The highest BCUT2D eigenvalue weighted by Crippen LogP contribution is 2.58. The summed E-state index contributed by atoms with van der Waals surface area (Å²) in [4.78, 5) is 17.4. The van der Waals surface area contributed by atoms with E-state index in [1.807, 2.05) is 0 Å². The Balaban J connectivity index is 1.19. The monoisotopic (exact) mass is 787 g/mol. The van der Waals surface area contributed by atoms with Crippen LogP contribution < -0.4 is 0 Å². The normalized spacial score (nSPS) is 14.1. The average Bonchev–Trinajstić information content (AvgIpc) is 3.83. The first kappa shape index (κ1) is 34.8. The molecule has 0 N–H and O–H groups in total. The van der Waals surface area contributed by atoms with Crippen LogP contribution in [0.2, 0.25) is 0 Å². The highest BCUT2D eigenvalue weighted by molar-refractivity contribution is 6.17. The molecular formula is C59H37N3. The number of hydrogen-bond donors (Lipinski definition) is 0. The molecule has 0 spiro atoms. The first-order valence-electron chi connectivity index (χ1n) is 21.4. The van der Waals surface area contributed by atoms with Gasteiger partial charge >= 0.3 is 0 Å². The van der Waals surface area contributed by atoms with Gasteiger partial charge in [-0.15, -0.1) is 0 Å². The third-order valence-electron chi connectivity index (χ3n) is 13.6. The summed E-state index contributed by atoms with van der Waals surface area (Å²) in [6, 6.07) is 81.3. The third-order valence-corrected chi connectivity index (χ3v) is 13.6. The van der Waals surface area contributed by atoms with Crippen LogP contribution in [0.1, 0.15) is 45.0 Å². The van der Waals surface area contributed by atoms with E-state index in [1.165, 1.54) is 49.2 Å². The van der Waals surface area contributed by atoms with Crippen molar-refractivity contribution in [3.8, 4) is 33.6 Å². The van der Waals surface area contributed by atoms with Crippen molar-refractivity contribution in [3.63, 3.8) is 0 Å². The second-order valence-electron chi connectivity index (χ2n) is 16.6. The fourth-order valence-corrected chi connectivity index (χ4v) is 11.0. The Morgan fingerprint density at radius 3 is 1.16 bits per heavy atom. The number of aromatic nitrogens is 3. The quantitative estimate of drug-likeness (QED) is 0.163. The van der Waals surface area contributed by atoms with Crippen LogP contribution in [0.15, 0.2) is 224 Å². The molecule has 10 aromatic carbocycles. The van der Waals surface area contributed by atoms with Crippen LogP contribution in [0.5, 0.6) is 0 Å². The predicted octanol–water partition coefficient (Wildman–Crippen LogP) is 13.7. The SMILES string of the molecule is c1ccc(C2(c3nc(-c4ccc5ccc6c7ccccc7ccc6c5c4)nc(C4(c5ccccc5)c5ccccc5-c5ccccc54)n3)c3ccccc3-c3ccccc32)cc1. The van der Waals surface area contributed by atoms with Gasteiger partial charge in [0.2, 0.25) is 0 Å². The van der Waals surface area contributed by atoms with Crippen LogP contribution in [0.3, 0.4) is 0 Å². The summed E-state index contributed by atoms with van der Waals surface area (Å²) in [5.41, 5.74) is 10.9. The van der Waals surface area contributed by atoms with E-state index in [0.29, 0.717) is 17.5 Å². The van der Waals surface area contributed by atoms with Gasteiger partial charge in [0.25, 0.3) is 0 Å². The Morgan fingerprint density at radius 2 is 0.661 bits per heavy atom. The van der Waals surface area contributed by atoms with Gasteiger partial charge in [-0.25, -0.2) is 15.0 Å². The van der Waals surface area contributed by atoms with Gasteiger partial charge in [-0.05, 0) is 94.0 Å².